The number of likely N-dealkylation sites (tertiary alicyclic amines) is 1. The smallest absolute Gasteiger partial charge is 0.295 e. The lowest BCUT2D eigenvalue weighted by molar-refractivity contribution is -0.139. The summed E-state index contributed by atoms with van der Waals surface area (Å²) in [5, 5.41) is 11.2. The first kappa shape index (κ1) is 25.1. The third-order valence-corrected chi connectivity index (χ3v) is 5.55. The summed E-state index contributed by atoms with van der Waals surface area (Å²) in [6.07, 6.45) is 2.34. The molecule has 1 aliphatic heterocycles. The predicted molar refractivity (Wildman–Crippen MR) is 132 cm³/mol. The lowest BCUT2D eigenvalue weighted by Gasteiger charge is -2.26. The van der Waals surface area contributed by atoms with E-state index in [2.05, 4.69) is 6.58 Å². The Balaban J connectivity index is 2.01. The van der Waals surface area contributed by atoms with Crippen molar-refractivity contribution in [2.45, 2.75) is 19.4 Å². The van der Waals surface area contributed by atoms with Crippen LogP contribution in [0.2, 0.25) is 0 Å². The van der Waals surface area contributed by atoms with E-state index in [4.69, 9.17) is 9.47 Å². The molecule has 0 unspecified atom stereocenters. The number of aliphatic hydroxyl groups excluding tert-OH is 1. The summed E-state index contributed by atoms with van der Waals surface area (Å²) in [7, 11) is 3.92. The van der Waals surface area contributed by atoms with Gasteiger partial charge in [0.25, 0.3) is 11.7 Å². The zero-order valence-corrected chi connectivity index (χ0v) is 20.0. The Morgan fingerprint density at radius 1 is 1.06 bits per heavy atom. The molecule has 0 aliphatic carbocycles. The largest absolute Gasteiger partial charge is 0.507 e. The van der Waals surface area contributed by atoms with Crippen LogP contribution in [0.3, 0.4) is 0 Å². The van der Waals surface area contributed by atoms with E-state index in [-0.39, 0.29) is 11.3 Å². The van der Waals surface area contributed by atoms with Crippen molar-refractivity contribution >= 4 is 17.4 Å². The van der Waals surface area contributed by atoms with E-state index in [1.54, 1.807) is 35.2 Å². The van der Waals surface area contributed by atoms with Gasteiger partial charge in [-0.15, -0.1) is 0 Å². The zero-order valence-electron chi connectivity index (χ0n) is 20.0. The highest BCUT2D eigenvalue weighted by atomic mass is 16.5. The number of hydrogen-bond donors (Lipinski definition) is 1. The molecule has 1 saturated heterocycles. The molecule has 2 aromatic rings. The van der Waals surface area contributed by atoms with Crippen LogP contribution in [-0.4, -0.2) is 67.0 Å². The molecule has 34 heavy (non-hydrogen) atoms. The Morgan fingerprint density at radius 2 is 1.68 bits per heavy atom. The van der Waals surface area contributed by atoms with Gasteiger partial charge >= 0.3 is 0 Å². The number of carbonyl (C=O) groups is 2. The first-order chi connectivity index (χ1) is 16.4. The average Bonchev–Trinajstić information content (AvgIpc) is 3.08. The molecule has 1 N–H and O–H groups in total. The number of hydrogen-bond acceptors (Lipinski definition) is 6. The standard InChI is InChI=1S/C27H32N2O5/c1-5-18-34-22-14-10-20(11-15-22)25(30)23-24(19-8-12-21(13-9-19)33-6-2)29(27(32)26(23)31)17-7-16-28(3)4/h5,8-15,24,30H,1,6-7,16-18H2,2-4H3/b25-23+/t24-/m0/s1. The molecule has 3 rings (SSSR count). The van der Waals surface area contributed by atoms with E-state index in [1.807, 2.05) is 50.2 Å². The third kappa shape index (κ3) is 5.66. The van der Waals surface area contributed by atoms with Crippen molar-refractivity contribution in [2.75, 3.05) is 40.4 Å². The average molecular weight is 465 g/mol. The summed E-state index contributed by atoms with van der Waals surface area (Å²) in [5.41, 5.74) is 1.26. The first-order valence-corrected chi connectivity index (χ1v) is 11.4. The summed E-state index contributed by atoms with van der Waals surface area (Å²) < 4.78 is 11.0. The van der Waals surface area contributed by atoms with E-state index in [1.165, 1.54) is 0 Å². The molecule has 0 aromatic heterocycles. The van der Waals surface area contributed by atoms with Crippen molar-refractivity contribution < 1.29 is 24.2 Å². The van der Waals surface area contributed by atoms with Gasteiger partial charge in [-0.25, -0.2) is 0 Å². The minimum atomic E-state index is -0.687. The summed E-state index contributed by atoms with van der Waals surface area (Å²) in [6, 6.07) is 13.4. The van der Waals surface area contributed by atoms with Crippen LogP contribution >= 0.6 is 0 Å². The fourth-order valence-electron chi connectivity index (χ4n) is 3.95. The molecule has 7 heteroatoms. The number of Topliss-reactive ketones (excluding diaryl/α,β-unsaturated/α-hetero) is 1. The first-order valence-electron chi connectivity index (χ1n) is 11.4. The van der Waals surface area contributed by atoms with E-state index >= 15 is 0 Å². The van der Waals surface area contributed by atoms with Crippen molar-refractivity contribution in [3.8, 4) is 11.5 Å². The second-order valence-corrected chi connectivity index (χ2v) is 8.28. The van der Waals surface area contributed by atoms with E-state index < -0.39 is 17.7 Å². The van der Waals surface area contributed by atoms with Crippen LogP contribution in [0.4, 0.5) is 0 Å². The van der Waals surface area contributed by atoms with Crippen molar-refractivity contribution in [3.05, 3.63) is 77.9 Å². The maximum absolute atomic E-state index is 13.1. The van der Waals surface area contributed by atoms with Crippen molar-refractivity contribution in [1.29, 1.82) is 0 Å². The Kier molecular flexibility index (Phi) is 8.49. The Morgan fingerprint density at radius 3 is 2.26 bits per heavy atom. The molecular weight excluding hydrogens is 432 g/mol. The highest BCUT2D eigenvalue weighted by Gasteiger charge is 2.45. The molecule has 0 radical (unpaired) electrons. The molecule has 1 heterocycles. The minimum Gasteiger partial charge on any atom is -0.507 e. The van der Waals surface area contributed by atoms with Gasteiger partial charge in [-0.2, -0.15) is 0 Å². The van der Waals surface area contributed by atoms with Gasteiger partial charge in [0.05, 0.1) is 18.2 Å². The number of ketones is 1. The number of benzene rings is 2. The number of amides is 1. The van der Waals surface area contributed by atoms with Crippen molar-refractivity contribution in [1.82, 2.24) is 9.80 Å². The van der Waals surface area contributed by atoms with Gasteiger partial charge in [0, 0.05) is 12.1 Å². The quantitative estimate of drug-likeness (QED) is 0.234. The molecule has 0 spiro atoms. The lowest BCUT2D eigenvalue weighted by Crippen LogP contribution is -2.32. The fourth-order valence-corrected chi connectivity index (χ4v) is 3.95. The Bertz CT molecular complexity index is 1040. The topological polar surface area (TPSA) is 79.3 Å². The minimum absolute atomic E-state index is 0.0822. The molecule has 7 nitrogen and oxygen atoms in total. The normalized spacial score (nSPS) is 17.3. The Hall–Kier alpha value is -3.58. The highest BCUT2D eigenvalue weighted by Crippen LogP contribution is 2.40. The van der Waals surface area contributed by atoms with Crippen LogP contribution in [0, 0.1) is 0 Å². The van der Waals surface area contributed by atoms with E-state index in [0.717, 1.165) is 12.1 Å². The highest BCUT2D eigenvalue weighted by molar-refractivity contribution is 6.46. The van der Waals surface area contributed by atoms with Gasteiger partial charge in [-0.3, -0.25) is 9.59 Å². The van der Waals surface area contributed by atoms with Gasteiger partial charge < -0.3 is 24.4 Å². The monoisotopic (exact) mass is 464 g/mol. The molecule has 180 valence electrons. The van der Waals surface area contributed by atoms with Gasteiger partial charge in [0.15, 0.2) is 0 Å². The van der Waals surface area contributed by atoms with E-state index in [9.17, 15) is 14.7 Å². The fraction of sp³-hybridized carbons (Fsp3) is 0.333. The zero-order chi connectivity index (χ0) is 24.7. The van der Waals surface area contributed by atoms with Gasteiger partial charge in [0.1, 0.15) is 23.9 Å². The summed E-state index contributed by atoms with van der Waals surface area (Å²) in [5.74, 6) is -0.185. The molecule has 1 atom stereocenters. The van der Waals surface area contributed by atoms with E-state index in [0.29, 0.717) is 43.2 Å². The van der Waals surface area contributed by atoms with Gasteiger partial charge in [-0.1, -0.05) is 24.8 Å². The van der Waals surface area contributed by atoms with Gasteiger partial charge in [-0.05, 0) is 75.9 Å². The third-order valence-electron chi connectivity index (χ3n) is 5.55. The number of carbonyl (C=O) groups excluding carboxylic acids is 2. The number of ether oxygens (including phenoxy) is 2. The van der Waals surface area contributed by atoms with Crippen molar-refractivity contribution in [3.63, 3.8) is 0 Å². The second kappa shape index (κ2) is 11.5. The predicted octanol–water partition coefficient (Wildman–Crippen LogP) is 4.02. The molecular formula is C27H32N2O5. The lowest BCUT2D eigenvalue weighted by atomic mass is 9.95. The maximum atomic E-state index is 13.1. The summed E-state index contributed by atoms with van der Waals surface area (Å²) >= 11 is 0. The molecule has 2 aromatic carbocycles. The van der Waals surface area contributed by atoms with Crippen molar-refractivity contribution in [2.24, 2.45) is 0 Å². The summed E-state index contributed by atoms with van der Waals surface area (Å²) in [4.78, 5) is 29.7. The molecule has 0 bridgehead atoms. The molecule has 1 amide bonds. The maximum Gasteiger partial charge on any atom is 0.295 e. The van der Waals surface area contributed by atoms with Crippen LogP contribution in [0.5, 0.6) is 11.5 Å². The summed E-state index contributed by atoms with van der Waals surface area (Å²) in [6.45, 7) is 7.59. The Labute approximate surface area is 200 Å². The van der Waals surface area contributed by atoms with Crippen LogP contribution in [0.1, 0.15) is 30.5 Å². The molecule has 0 saturated carbocycles. The number of nitrogens with zero attached hydrogens (tertiary/aromatic N) is 2. The second-order valence-electron chi connectivity index (χ2n) is 8.28. The van der Waals surface area contributed by atoms with Crippen LogP contribution in [-0.2, 0) is 9.59 Å². The molecule has 1 fully saturated rings. The SMILES string of the molecule is C=CCOc1ccc(/C(O)=C2\C(=O)C(=O)N(CCCN(C)C)[C@H]2c2ccc(OCC)cc2)cc1. The molecule has 1 aliphatic rings. The van der Waals surface area contributed by atoms with Crippen LogP contribution in [0.25, 0.3) is 5.76 Å². The number of aliphatic hydroxyl groups is 1. The van der Waals surface area contributed by atoms with Crippen LogP contribution in [0.15, 0.2) is 66.8 Å². The number of rotatable bonds is 11. The van der Waals surface area contributed by atoms with Crippen LogP contribution < -0.4 is 9.47 Å². The van der Waals surface area contributed by atoms with Gasteiger partial charge in [0.2, 0.25) is 0 Å².